The van der Waals surface area contributed by atoms with Gasteiger partial charge >= 0.3 is 0 Å². The summed E-state index contributed by atoms with van der Waals surface area (Å²) in [6.45, 7) is 0. The molecule has 2 heteroatoms. The Morgan fingerprint density at radius 1 is 0.810 bits per heavy atom. The number of carbonyl (C=O) groups is 1. The number of fused-ring (bicyclic) bond motifs is 1. The maximum atomic E-state index is 10.6. The standard InChI is InChI=1S/C19H16NO/c1-20-18(13-11-17-4-2-3-5-19(17)20)12-10-15-6-8-16(14-21)9-7-15/h2-14H,1H3/q+1. The first-order chi connectivity index (χ1) is 10.3. The summed E-state index contributed by atoms with van der Waals surface area (Å²) < 4.78 is 2.17. The molecule has 1 aromatic heterocycles. The molecular weight excluding hydrogens is 258 g/mol. The van der Waals surface area contributed by atoms with Crippen molar-refractivity contribution in [1.29, 1.82) is 0 Å². The zero-order valence-corrected chi connectivity index (χ0v) is 11.9. The highest BCUT2D eigenvalue weighted by Crippen LogP contribution is 2.12. The summed E-state index contributed by atoms with van der Waals surface area (Å²) in [7, 11) is 2.07. The Balaban J connectivity index is 1.95. The van der Waals surface area contributed by atoms with Gasteiger partial charge in [-0.2, -0.15) is 4.57 Å². The molecule has 0 saturated carbocycles. The number of aldehydes is 1. The molecule has 0 fully saturated rings. The van der Waals surface area contributed by atoms with Crippen LogP contribution in [0.5, 0.6) is 0 Å². The summed E-state index contributed by atoms with van der Waals surface area (Å²) in [5.74, 6) is 0. The molecule has 0 amide bonds. The van der Waals surface area contributed by atoms with E-state index in [0.717, 1.165) is 17.5 Å². The molecule has 0 N–H and O–H groups in total. The second-order valence-corrected chi connectivity index (χ2v) is 4.99. The lowest BCUT2D eigenvalue weighted by molar-refractivity contribution is -0.646. The number of para-hydroxylation sites is 1. The first-order valence-electron chi connectivity index (χ1n) is 6.89. The van der Waals surface area contributed by atoms with Crippen molar-refractivity contribution in [3.8, 4) is 0 Å². The normalized spacial score (nSPS) is 11.1. The minimum Gasteiger partial charge on any atom is -0.298 e. The maximum Gasteiger partial charge on any atom is 0.212 e. The molecule has 0 aliphatic rings. The van der Waals surface area contributed by atoms with Crippen LogP contribution in [0, 0.1) is 0 Å². The van der Waals surface area contributed by atoms with E-state index in [1.54, 1.807) is 0 Å². The first-order valence-corrected chi connectivity index (χ1v) is 6.89. The van der Waals surface area contributed by atoms with E-state index in [1.165, 1.54) is 10.9 Å². The molecule has 3 rings (SSSR count). The molecule has 2 aromatic carbocycles. The average Bonchev–Trinajstić information content (AvgIpc) is 2.55. The average molecular weight is 274 g/mol. The smallest absolute Gasteiger partial charge is 0.212 e. The fraction of sp³-hybridized carbons (Fsp3) is 0.0526. The molecule has 102 valence electrons. The molecule has 21 heavy (non-hydrogen) atoms. The van der Waals surface area contributed by atoms with E-state index < -0.39 is 0 Å². The van der Waals surface area contributed by atoms with Gasteiger partial charge in [0, 0.05) is 29.2 Å². The summed E-state index contributed by atoms with van der Waals surface area (Å²) in [5, 5.41) is 1.23. The minimum absolute atomic E-state index is 0.698. The van der Waals surface area contributed by atoms with Crippen LogP contribution in [0.3, 0.4) is 0 Å². The molecule has 2 nitrogen and oxygen atoms in total. The van der Waals surface area contributed by atoms with Gasteiger partial charge in [-0.05, 0) is 23.8 Å². The highest BCUT2D eigenvalue weighted by molar-refractivity contribution is 5.78. The van der Waals surface area contributed by atoms with E-state index in [9.17, 15) is 4.79 Å². The van der Waals surface area contributed by atoms with Gasteiger partial charge in [-0.15, -0.1) is 0 Å². The number of nitrogens with zero attached hydrogens (tertiary/aromatic N) is 1. The van der Waals surface area contributed by atoms with E-state index in [0.29, 0.717) is 5.56 Å². The third-order valence-electron chi connectivity index (χ3n) is 3.64. The van der Waals surface area contributed by atoms with Crippen LogP contribution in [-0.4, -0.2) is 6.29 Å². The van der Waals surface area contributed by atoms with Gasteiger partial charge in [0.2, 0.25) is 11.2 Å². The summed E-state index contributed by atoms with van der Waals surface area (Å²) >= 11 is 0. The van der Waals surface area contributed by atoms with Gasteiger partial charge < -0.3 is 0 Å². The van der Waals surface area contributed by atoms with Crippen molar-refractivity contribution >= 4 is 29.3 Å². The van der Waals surface area contributed by atoms with Crippen molar-refractivity contribution < 1.29 is 9.36 Å². The van der Waals surface area contributed by atoms with Crippen LogP contribution in [0.1, 0.15) is 21.6 Å². The Kier molecular flexibility index (Phi) is 3.61. The number of hydrogen-bond acceptors (Lipinski definition) is 1. The van der Waals surface area contributed by atoms with Crippen LogP contribution in [0.2, 0.25) is 0 Å². The number of pyridine rings is 1. The maximum absolute atomic E-state index is 10.6. The van der Waals surface area contributed by atoms with Gasteiger partial charge in [0.25, 0.3) is 0 Å². The third kappa shape index (κ3) is 2.75. The molecule has 0 aliphatic carbocycles. The van der Waals surface area contributed by atoms with Gasteiger partial charge in [-0.25, -0.2) is 0 Å². The van der Waals surface area contributed by atoms with Crippen molar-refractivity contribution in [3.63, 3.8) is 0 Å². The lowest BCUT2D eigenvalue weighted by atomic mass is 10.1. The van der Waals surface area contributed by atoms with Gasteiger partial charge in [0.15, 0.2) is 0 Å². The molecule has 3 aromatic rings. The Hall–Kier alpha value is -2.74. The SMILES string of the molecule is C[n+]1c(C=Cc2ccc(C=O)cc2)ccc2ccccc21. The van der Waals surface area contributed by atoms with E-state index in [1.807, 2.05) is 36.4 Å². The van der Waals surface area contributed by atoms with Crippen LogP contribution < -0.4 is 4.57 Å². The number of aryl methyl sites for hydroxylation is 1. The number of hydrogen-bond donors (Lipinski definition) is 0. The fourth-order valence-corrected chi connectivity index (χ4v) is 2.39. The number of carbonyl (C=O) groups excluding carboxylic acids is 1. The van der Waals surface area contributed by atoms with Crippen LogP contribution in [0.4, 0.5) is 0 Å². The van der Waals surface area contributed by atoms with Crippen molar-refractivity contribution in [2.75, 3.05) is 0 Å². The zero-order valence-electron chi connectivity index (χ0n) is 11.9. The molecule has 1 heterocycles. The van der Waals surface area contributed by atoms with Gasteiger partial charge in [-0.3, -0.25) is 4.79 Å². The Morgan fingerprint density at radius 2 is 1.52 bits per heavy atom. The van der Waals surface area contributed by atoms with Crippen LogP contribution in [0.15, 0.2) is 60.7 Å². The molecular formula is C19H16NO+. The summed E-state index contributed by atoms with van der Waals surface area (Å²) in [5.41, 5.74) is 4.11. The predicted octanol–water partition coefficient (Wildman–Crippen LogP) is 3.65. The largest absolute Gasteiger partial charge is 0.298 e. The number of benzene rings is 2. The number of rotatable bonds is 3. The second-order valence-electron chi connectivity index (χ2n) is 4.99. The molecule has 0 saturated heterocycles. The monoisotopic (exact) mass is 274 g/mol. The van der Waals surface area contributed by atoms with Crippen LogP contribution in [-0.2, 0) is 7.05 Å². The zero-order chi connectivity index (χ0) is 14.7. The Bertz CT molecular complexity index is 817. The van der Waals surface area contributed by atoms with Crippen molar-refractivity contribution in [3.05, 3.63) is 77.5 Å². The lowest BCUT2D eigenvalue weighted by Gasteiger charge is -2.00. The fourth-order valence-electron chi connectivity index (χ4n) is 2.39. The molecule has 0 aliphatic heterocycles. The quantitative estimate of drug-likeness (QED) is 0.527. The van der Waals surface area contributed by atoms with Crippen molar-refractivity contribution in [1.82, 2.24) is 0 Å². The van der Waals surface area contributed by atoms with Gasteiger partial charge in [0.05, 0.1) is 0 Å². The van der Waals surface area contributed by atoms with Gasteiger partial charge in [-0.1, -0.05) is 36.4 Å². The minimum atomic E-state index is 0.698. The molecule has 0 unspecified atom stereocenters. The van der Waals surface area contributed by atoms with Crippen LogP contribution in [0.25, 0.3) is 23.1 Å². The highest BCUT2D eigenvalue weighted by atomic mass is 16.1. The summed E-state index contributed by atoms with van der Waals surface area (Å²) in [6.07, 6.45) is 5.00. The summed E-state index contributed by atoms with van der Waals surface area (Å²) in [4.78, 5) is 10.6. The Labute approximate surface area is 124 Å². The topological polar surface area (TPSA) is 20.9 Å². The predicted molar refractivity (Wildman–Crippen MR) is 85.9 cm³/mol. The summed E-state index contributed by atoms with van der Waals surface area (Å²) in [6, 6.07) is 20.1. The number of aromatic nitrogens is 1. The van der Waals surface area contributed by atoms with Crippen LogP contribution >= 0.6 is 0 Å². The van der Waals surface area contributed by atoms with E-state index in [2.05, 4.69) is 48.0 Å². The Morgan fingerprint density at radius 3 is 2.29 bits per heavy atom. The third-order valence-corrected chi connectivity index (χ3v) is 3.64. The molecule has 0 bridgehead atoms. The highest BCUT2D eigenvalue weighted by Gasteiger charge is 2.07. The van der Waals surface area contributed by atoms with Crippen molar-refractivity contribution in [2.24, 2.45) is 7.05 Å². The molecule has 0 atom stereocenters. The lowest BCUT2D eigenvalue weighted by Crippen LogP contribution is -2.32. The van der Waals surface area contributed by atoms with Crippen molar-refractivity contribution in [2.45, 2.75) is 0 Å². The molecule has 0 spiro atoms. The van der Waals surface area contributed by atoms with E-state index >= 15 is 0 Å². The van der Waals surface area contributed by atoms with E-state index in [4.69, 9.17) is 0 Å². The van der Waals surface area contributed by atoms with E-state index in [-0.39, 0.29) is 0 Å². The van der Waals surface area contributed by atoms with Gasteiger partial charge in [0.1, 0.15) is 13.3 Å². The second kappa shape index (κ2) is 5.71. The molecule has 0 radical (unpaired) electrons. The first kappa shape index (κ1) is 13.3.